The zero-order valence-corrected chi connectivity index (χ0v) is 8.71. The van der Waals surface area contributed by atoms with Crippen LogP contribution in [0.3, 0.4) is 0 Å². The van der Waals surface area contributed by atoms with Crippen LogP contribution < -0.4 is 0 Å². The van der Waals surface area contributed by atoms with Gasteiger partial charge in [0, 0.05) is 18.2 Å². The molecule has 0 unspecified atom stereocenters. The van der Waals surface area contributed by atoms with Gasteiger partial charge in [-0.3, -0.25) is 4.90 Å². The molecule has 0 aliphatic heterocycles. The maximum absolute atomic E-state index is 10.5. The molecule has 0 bridgehead atoms. The Bertz CT molecular complexity index is 187. The van der Waals surface area contributed by atoms with Gasteiger partial charge in [-0.2, -0.15) is 0 Å². The topological polar surface area (TPSA) is 40.5 Å². The molecule has 0 heterocycles. The van der Waals surface area contributed by atoms with Crippen molar-refractivity contribution in [1.29, 1.82) is 0 Å². The van der Waals surface area contributed by atoms with E-state index in [0.29, 0.717) is 12.6 Å². The Labute approximate surface area is 80.0 Å². The minimum atomic E-state index is -0.901. The molecule has 3 heteroatoms. The Hall–Kier alpha value is -0.830. The second-order valence-electron chi connectivity index (χ2n) is 3.47. The standard InChI is InChI=1S/C10H19NO2/c1-5-6-11(8(2)3)7-9(4)10(12)13/h8H,4-7H2,1-3H3,(H,12,13). The number of rotatable bonds is 6. The fraction of sp³-hybridized carbons (Fsp3) is 0.700. The molecule has 0 rings (SSSR count). The largest absolute Gasteiger partial charge is 0.478 e. The first-order chi connectivity index (χ1) is 5.99. The highest BCUT2D eigenvalue weighted by atomic mass is 16.4. The van der Waals surface area contributed by atoms with E-state index in [1.807, 2.05) is 0 Å². The SMILES string of the molecule is C=C(CN(CCC)C(C)C)C(=O)O. The van der Waals surface area contributed by atoms with Crippen molar-refractivity contribution in [3.8, 4) is 0 Å². The number of hydrogen-bond acceptors (Lipinski definition) is 2. The average molecular weight is 185 g/mol. The molecule has 0 aromatic carbocycles. The normalized spacial score (nSPS) is 10.8. The Balaban J connectivity index is 4.09. The molecular formula is C10H19NO2. The van der Waals surface area contributed by atoms with Crippen molar-refractivity contribution in [2.75, 3.05) is 13.1 Å². The summed E-state index contributed by atoms with van der Waals surface area (Å²) in [7, 11) is 0. The molecule has 0 aromatic rings. The van der Waals surface area contributed by atoms with Gasteiger partial charge in [0.05, 0.1) is 0 Å². The first-order valence-electron chi connectivity index (χ1n) is 4.64. The fourth-order valence-electron chi connectivity index (χ4n) is 1.12. The van der Waals surface area contributed by atoms with Crippen LogP contribution in [0.1, 0.15) is 27.2 Å². The molecule has 0 fully saturated rings. The minimum Gasteiger partial charge on any atom is -0.478 e. The molecule has 76 valence electrons. The van der Waals surface area contributed by atoms with Crippen LogP contribution in [0.25, 0.3) is 0 Å². The van der Waals surface area contributed by atoms with E-state index in [-0.39, 0.29) is 5.57 Å². The molecule has 0 saturated carbocycles. The maximum Gasteiger partial charge on any atom is 0.332 e. The lowest BCUT2D eigenvalue weighted by Gasteiger charge is -2.25. The average Bonchev–Trinajstić information content (AvgIpc) is 2.03. The van der Waals surface area contributed by atoms with Gasteiger partial charge in [-0.25, -0.2) is 4.79 Å². The predicted octanol–water partition coefficient (Wildman–Crippen LogP) is 1.75. The molecule has 0 radical (unpaired) electrons. The van der Waals surface area contributed by atoms with Crippen LogP contribution in [0.2, 0.25) is 0 Å². The van der Waals surface area contributed by atoms with Gasteiger partial charge < -0.3 is 5.11 Å². The lowest BCUT2D eigenvalue weighted by molar-refractivity contribution is -0.132. The van der Waals surface area contributed by atoms with Gasteiger partial charge in [0.15, 0.2) is 0 Å². The van der Waals surface area contributed by atoms with E-state index in [0.717, 1.165) is 13.0 Å². The van der Waals surface area contributed by atoms with Gasteiger partial charge >= 0.3 is 5.97 Å². The summed E-state index contributed by atoms with van der Waals surface area (Å²) in [5.41, 5.74) is 0.266. The highest BCUT2D eigenvalue weighted by molar-refractivity contribution is 5.86. The highest BCUT2D eigenvalue weighted by Crippen LogP contribution is 2.03. The van der Waals surface area contributed by atoms with Crippen LogP contribution in [-0.2, 0) is 4.79 Å². The van der Waals surface area contributed by atoms with Crippen LogP contribution in [0, 0.1) is 0 Å². The van der Waals surface area contributed by atoms with Gasteiger partial charge in [0.25, 0.3) is 0 Å². The molecule has 0 aliphatic carbocycles. The second kappa shape index (κ2) is 5.75. The van der Waals surface area contributed by atoms with Crippen molar-refractivity contribution in [2.24, 2.45) is 0 Å². The van der Waals surface area contributed by atoms with Crippen LogP contribution in [0.5, 0.6) is 0 Å². The van der Waals surface area contributed by atoms with E-state index >= 15 is 0 Å². The summed E-state index contributed by atoms with van der Waals surface area (Å²) in [5, 5.41) is 8.65. The van der Waals surface area contributed by atoms with Gasteiger partial charge in [-0.15, -0.1) is 0 Å². The first-order valence-corrected chi connectivity index (χ1v) is 4.64. The Morgan fingerprint density at radius 1 is 1.54 bits per heavy atom. The number of nitrogens with zero attached hydrogens (tertiary/aromatic N) is 1. The lowest BCUT2D eigenvalue weighted by atomic mass is 10.2. The summed E-state index contributed by atoms with van der Waals surface area (Å²) < 4.78 is 0. The van der Waals surface area contributed by atoms with Crippen LogP contribution in [-0.4, -0.2) is 35.1 Å². The van der Waals surface area contributed by atoms with Crippen molar-refractivity contribution >= 4 is 5.97 Å². The molecule has 13 heavy (non-hydrogen) atoms. The number of carboxylic acid groups (broad SMARTS) is 1. The third kappa shape index (κ3) is 4.68. The zero-order chi connectivity index (χ0) is 10.4. The van der Waals surface area contributed by atoms with Crippen molar-refractivity contribution in [2.45, 2.75) is 33.2 Å². The lowest BCUT2D eigenvalue weighted by Crippen LogP contribution is -2.34. The Morgan fingerprint density at radius 2 is 2.08 bits per heavy atom. The van der Waals surface area contributed by atoms with Gasteiger partial charge in [-0.05, 0) is 26.8 Å². The zero-order valence-electron chi connectivity index (χ0n) is 8.71. The summed E-state index contributed by atoms with van der Waals surface area (Å²) in [5.74, 6) is -0.901. The fourth-order valence-corrected chi connectivity index (χ4v) is 1.12. The Morgan fingerprint density at radius 3 is 2.38 bits per heavy atom. The van der Waals surface area contributed by atoms with E-state index in [1.165, 1.54) is 0 Å². The predicted molar refractivity (Wildman–Crippen MR) is 53.8 cm³/mol. The summed E-state index contributed by atoms with van der Waals surface area (Å²) in [6.07, 6.45) is 1.03. The molecule has 3 nitrogen and oxygen atoms in total. The van der Waals surface area contributed by atoms with Crippen molar-refractivity contribution in [3.05, 3.63) is 12.2 Å². The van der Waals surface area contributed by atoms with Crippen LogP contribution in [0.15, 0.2) is 12.2 Å². The molecule has 0 saturated heterocycles. The summed E-state index contributed by atoms with van der Waals surface area (Å²) >= 11 is 0. The molecule has 0 aromatic heterocycles. The molecule has 1 N–H and O–H groups in total. The maximum atomic E-state index is 10.5. The minimum absolute atomic E-state index is 0.266. The smallest absolute Gasteiger partial charge is 0.332 e. The van der Waals surface area contributed by atoms with E-state index in [4.69, 9.17) is 5.11 Å². The van der Waals surface area contributed by atoms with Gasteiger partial charge in [0.1, 0.15) is 0 Å². The van der Waals surface area contributed by atoms with E-state index < -0.39 is 5.97 Å². The van der Waals surface area contributed by atoms with Crippen molar-refractivity contribution in [1.82, 2.24) is 4.90 Å². The van der Waals surface area contributed by atoms with Crippen molar-refractivity contribution < 1.29 is 9.90 Å². The quantitative estimate of drug-likeness (QED) is 0.641. The summed E-state index contributed by atoms with van der Waals surface area (Å²) in [6, 6.07) is 0.371. The second-order valence-corrected chi connectivity index (χ2v) is 3.47. The Kier molecular flexibility index (Phi) is 5.39. The monoisotopic (exact) mass is 185 g/mol. The van der Waals surface area contributed by atoms with Gasteiger partial charge in [0.2, 0.25) is 0 Å². The summed E-state index contributed by atoms with van der Waals surface area (Å²) in [4.78, 5) is 12.6. The first kappa shape index (κ1) is 12.2. The molecule has 0 spiro atoms. The number of carbonyl (C=O) groups is 1. The molecule has 0 atom stereocenters. The highest BCUT2D eigenvalue weighted by Gasteiger charge is 2.12. The molecule has 0 aliphatic rings. The van der Waals surface area contributed by atoms with E-state index in [1.54, 1.807) is 0 Å². The third-order valence-corrected chi connectivity index (χ3v) is 1.94. The molecule has 0 amide bonds. The van der Waals surface area contributed by atoms with E-state index in [2.05, 4.69) is 32.3 Å². The van der Waals surface area contributed by atoms with Crippen molar-refractivity contribution in [3.63, 3.8) is 0 Å². The molecular weight excluding hydrogens is 166 g/mol. The summed E-state index contributed by atoms with van der Waals surface area (Å²) in [6.45, 7) is 11.1. The van der Waals surface area contributed by atoms with Gasteiger partial charge in [-0.1, -0.05) is 13.5 Å². The number of aliphatic carboxylic acids is 1. The van der Waals surface area contributed by atoms with Crippen LogP contribution in [0.4, 0.5) is 0 Å². The number of hydrogen-bond donors (Lipinski definition) is 1. The van der Waals surface area contributed by atoms with E-state index in [9.17, 15) is 4.79 Å². The third-order valence-electron chi connectivity index (χ3n) is 1.94. The van der Waals surface area contributed by atoms with Crippen LogP contribution >= 0.6 is 0 Å². The number of carboxylic acids is 1.